The molecule has 0 aliphatic rings. The normalized spacial score (nSPS) is 11.2. The fraction of sp³-hybridized carbons (Fsp3) is 0.883. The number of carbonyl (C=O) groups is 7. The Bertz CT molecular complexity index is 1300. The minimum Gasteiger partial charge on any atom is -0.465 e. The second-order valence-electron chi connectivity index (χ2n) is 21.2. The van der Waals surface area contributed by atoms with E-state index in [1.54, 1.807) is 0 Å². The molecule has 0 atom stereocenters. The van der Waals surface area contributed by atoms with Gasteiger partial charge in [0.2, 0.25) is 0 Å². The first kappa shape index (κ1) is 72.0. The zero-order valence-electron chi connectivity index (χ0n) is 49.2. The van der Waals surface area contributed by atoms with E-state index in [4.69, 9.17) is 28.4 Å². The summed E-state index contributed by atoms with van der Waals surface area (Å²) in [6.45, 7) is 9.07. The summed E-state index contributed by atoms with van der Waals surface area (Å²) in [5.74, 6) is -3.90. The van der Waals surface area contributed by atoms with Gasteiger partial charge in [-0.1, -0.05) is 182 Å². The van der Waals surface area contributed by atoms with Crippen LogP contribution in [0.5, 0.6) is 0 Å². The lowest BCUT2D eigenvalue weighted by Gasteiger charge is -2.24. The van der Waals surface area contributed by atoms with Gasteiger partial charge in [0.25, 0.3) is 0 Å². The molecule has 16 nitrogen and oxygen atoms in total. The first-order chi connectivity index (χ1) is 36.8. The summed E-state index contributed by atoms with van der Waals surface area (Å²) in [7, 11) is 3.88. The van der Waals surface area contributed by atoms with Crippen LogP contribution in [0.25, 0.3) is 0 Å². The van der Waals surface area contributed by atoms with Crippen LogP contribution in [0, 0.1) is 11.8 Å². The van der Waals surface area contributed by atoms with E-state index >= 15 is 0 Å². The number of unbranched alkanes of at least 4 members (excludes halogenated alkanes) is 24. The van der Waals surface area contributed by atoms with Gasteiger partial charge in [0.15, 0.2) is 0 Å². The van der Waals surface area contributed by atoms with Crippen molar-refractivity contribution in [1.82, 2.24) is 15.1 Å². The largest absolute Gasteiger partial charge is 0.465 e. The summed E-state index contributed by atoms with van der Waals surface area (Å²) in [6.07, 6.45) is 31.2. The van der Waals surface area contributed by atoms with E-state index < -0.39 is 29.8 Å². The lowest BCUT2D eigenvalue weighted by Crippen LogP contribution is -2.44. The molecule has 16 heteroatoms. The van der Waals surface area contributed by atoms with Crippen molar-refractivity contribution in [1.29, 1.82) is 0 Å². The molecule has 0 radical (unpaired) electrons. The average molecular weight is 1080 g/mol. The van der Waals surface area contributed by atoms with Crippen LogP contribution in [0.2, 0.25) is 0 Å². The molecule has 0 aromatic rings. The summed E-state index contributed by atoms with van der Waals surface area (Å²) < 4.78 is 33.5. The Morgan fingerprint density at radius 1 is 0.342 bits per heavy atom. The number of hydrogen-bond acceptors (Lipinski definition) is 14. The SMILES string of the molecule is CCCCCCCCCC(=O)OCC(COC(=O)CCCCCCCCC)CC(=O)OCCN(CCOC(=O)CC(COC(=O)CCCCCCCCC)COC(=O)CCCCCCCCC)C(=O)NCCCN(C)C. The maximum Gasteiger partial charge on any atom is 0.317 e. The number of esters is 6. The number of nitrogens with one attached hydrogen (secondary N) is 1. The molecule has 0 bridgehead atoms. The monoisotopic (exact) mass is 1080 g/mol. The summed E-state index contributed by atoms with van der Waals surface area (Å²) in [6, 6.07) is -0.428. The highest BCUT2D eigenvalue weighted by Crippen LogP contribution is 2.16. The lowest BCUT2D eigenvalue weighted by molar-refractivity contribution is -0.155. The lowest BCUT2D eigenvalue weighted by atomic mass is 10.1. The smallest absolute Gasteiger partial charge is 0.317 e. The van der Waals surface area contributed by atoms with E-state index in [-0.39, 0.29) is 115 Å². The molecule has 0 aromatic heterocycles. The van der Waals surface area contributed by atoms with E-state index in [1.165, 1.54) is 81.9 Å². The number of amides is 2. The van der Waals surface area contributed by atoms with Gasteiger partial charge in [0.05, 0.1) is 52.4 Å². The van der Waals surface area contributed by atoms with Crippen molar-refractivity contribution in [2.45, 2.75) is 252 Å². The predicted molar refractivity (Wildman–Crippen MR) is 301 cm³/mol. The van der Waals surface area contributed by atoms with Gasteiger partial charge in [-0.25, -0.2) is 4.79 Å². The molecule has 0 heterocycles. The standard InChI is InChI=1S/C60H111N3O13/c1-7-11-15-19-23-27-31-36-54(64)73-48-52(49-74-55(65)37-32-28-24-20-16-12-8-2)46-58(68)71-44-42-63(60(70)61-40-35-41-62(5)6)43-45-72-59(69)47-53(50-75-56(66)38-33-29-25-21-17-13-9-3)51-76-57(67)39-34-30-26-22-18-14-10-4/h52-53H,7-51H2,1-6H3,(H,61,70). The van der Waals surface area contributed by atoms with Gasteiger partial charge >= 0.3 is 41.8 Å². The highest BCUT2D eigenvalue weighted by molar-refractivity contribution is 5.75. The van der Waals surface area contributed by atoms with E-state index in [0.717, 1.165) is 109 Å². The summed E-state index contributed by atoms with van der Waals surface area (Å²) in [5.41, 5.74) is 0. The number of carbonyl (C=O) groups excluding carboxylic acids is 7. The van der Waals surface area contributed by atoms with Crippen LogP contribution in [0.15, 0.2) is 0 Å². The summed E-state index contributed by atoms with van der Waals surface area (Å²) in [4.78, 5) is 94.1. The topological polar surface area (TPSA) is 193 Å². The van der Waals surface area contributed by atoms with Gasteiger partial charge in [-0.15, -0.1) is 0 Å². The Morgan fingerprint density at radius 3 is 0.895 bits per heavy atom. The molecule has 0 spiro atoms. The molecule has 0 saturated carbocycles. The van der Waals surface area contributed by atoms with Crippen LogP contribution in [0.1, 0.15) is 252 Å². The van der Waals surface area contributed by atoms with Crippen molar-refractivity contribution < 1.29 is 62.0 Å². The maximum atomic E-state index is 13.4. The van der Waals surface area contributed by atoms with Crippen molar-refractivity contribution in [3.8, 4) is 0 Å². The highest BCUT2D eigenvalue weighted by Gasteiger charge is 2.23. The minimum atomic E-state index is -0.620. The quantitative estimate of drug-likeness (QED) is 0.0343. The predicted octanol–water partition coefficient (Wildman–Crippen LogP) is 12.8. The number of ether oxygens (including phenoxy) is 6. The van der Waals surface area contributed by atoms with E-state index in [9.17, 15) is 33.6 Å². The third-order valence-electron chi connectivity index (χ3n) is 13.4. The zero-order valence-corrected chi connectivity index (χ0v) is 49.2. The van der Waals surface area contributed by atoms with Crippen molar-refractivity contribution in [2.75, 3.05) is 79.9 Å². The minimum absolute atomic E-state index is 0.0136. The zero-order chi connectivity index (χ0) is 56.1. The Balaban J connectivity index is 5.58. The molecule has 0 rings (SSSR count). The first-order valence-electron chi connectivity index (χ1n) is 30.5. The number of urea groups is 1. The second kappa shape index (κ2) is 53.1. The maximum absolute atomic E-state index is 13.4. The molecule has 0 aliphatic carbocycles. The Morgan fingerprint density at radius 2 is 0.618 bits per heavy atom. The van der Waals surface area contributed by atoms with E-state index in [0.29, 0.717) is 13.0 Å². The molecular formula is C60H111N3O13. The molecule has 2 amide bonds. The Labute approximate surface area is 461 Å². The van der Waals surface area contributed by atoms with Crippen LogP contribution in [0.4, 0.5) is 4.79 Å². The van der Waals surface area contributed by atoms with Gasteiger partial charge in [-0.05, 0) is 52.7 Å². The summed E-state index contributed by atoms with van der Waals surface area (Å²) >= 11 is 0. The van der Waals surface area contributed by atoms with Gasteiger partial charge in [0.1, 0.15) is 13.2 Å². The van der Waals surface area contributed by atoms with Crippen LogP contribution in [-0.2, 0) is 57.2 Å². The van der Waals surface area contributed by atoms with Gasteiger partial charge in [-0.2, -0.15) is 0 Å². The number of rotatable bonds is 54. The van der Waals surface area contributed by atoms with Crippen LogP contribution in [0.3, 0.4) is 0 Å². The molecule has 0 fully saturated rings. The average Bonchev–Trinajstić information content (AvgIpc) is 3.39. The molecule has 444 valence electrons. The summed E-state index contributed by atoms with van der Waals surface area (Å²) in [5, 5.41) is 2.89. The van der Waals surface area contributed by atoms with Crippen LogP contribution >= 0.6 is 0 Å². The van der Waals surface area contributed by atoms with E-state index in [2.05, 4.69) is 33.0 Å². The molecule has 1 N–H and O–H groups in total. The third kappa shape index (κ3) is 48.4. The van der Waals surface area contributed by atoms with E-state index in [1.807, 2.05) is 19.0 Å². The van der Waals surface area contributed by atoms with Crippen molar-refractivity contribution in [2.24, 2.45) is 11.8 Å². The fourth-order valence-electron chi connectivity index (χ4n) is 8.52. The van der Waals surface area contributed by atoms with Crippen molar-refractivity contribution in [3.63, 3.8) is 0 Å². The Hall–Kier alpha value is -3.95. The first-order valence-corrected chi connectivity index (χ1v) is 30.5. The van der Waals surface area contributed by atoms with Crippen LogP contribution in [-0.4, -0.2) is 132 Å². The molecule has 0 aliphatic heterocycles. The van der Waals surface area contributed by atoms with Gasteiger partial charge < -0.3 is 43.5 Å². The second-order valence-corrected chi connectivity index (χ2v) is 21.2. The van der Waals surface area contributed by atoms with Crippen molar-refractivity contribution in [3.05, 3.63) is 0 Å². The molecule has 0 unspecified atom stereocenters. The molecule has 0 saturated heterocycles. The molecular weight excluding hydrogens is 971 g/mol. The molecule has 76 heavy (non-hydrogen) atoms. The molecule has 0 aromatic carbocycles. The highest BCUT2D eigenvalue weighted by atomic mass is 16.6. The number of nitrogens with zero attached hydrogens (tertiary/aromatic N) is 2. The fourth-order valence-corrected chi connectivity index (χ4v) is 8.52. The van der Waals surface area contributed by atoms with Gasteiger partial charge in [-0.3, -0.25) is 28.8 Å². The van der Waals surface area contributed by atoms with Gasteiger partial charge in [0, 0.05) is 44.1 Å². The third-order valence-corrected chi connectivity index (χ3v) is 13.4. The Kier molecular flexibility index (Phi) is 50.3. The van der Waals surface area contributed by atoms with Crippen LogP contribution < -0.4 is 5.32 Å². The van der Waals surface area contributed by atoms with Crippen molar-refractivity contribution >= 4 is 41.8 Å². The number of hydrogen-bond donors (Lipinski definition) is 1.